The standard InChI is InChI=1S/C18H15ClN2O/c1-13(15-5-3-2-4-6-15)21-18(22)16(12-20)11-14-7-9-17(19)10-8-14/h2-11,13H,1H3,(H,21,22)/b16-11+/t13-/m1/s1. The van der Waals surface area contributed by atoms with Gasteiger partial charge in [0.1, 0.15) is 11.6 Å². The van der Waals surface area contributed by atoms with Crippen molar-refractivity contribution in [3.8, 4) is 6.07 Å². The molecule has 1 atom stereocenters. The topological polar surface area (TPSA) is 52.9 Å². The van der Waals surface area contributed by atoms with E-state index in [1.165, 1.54) is 0 Å². The SMILES string of the molecule is C[C@@H](NC(=O)/C(C#N)=C/c1ccc(Cl)cc1)c1ccccc1. The second kappa shape index (κ2) is 7.44. The molecule has 2 aromatic carbocycles. The average molecular weight is 311 g/mol. The lowest BCUT2D eigenvalue weighted by Crippen LogP contribution is -2.27. The Kier molecular flexibility index (Phi) is 5.35. The molecule has 0 aliphatic heterocycles. The highest BCUT2D eigenvalue weighted by Crippen LogP contribution is 2.15. The normalized spacial score (nSPS) is 12.3. The lowest BCUT2D eigenvalue weighted by Gasteiger charge is -2.13. The first kappa shape index (κ1) is 15.8. The minimum Gasteiger partial charge on any atom is -0.345 e. The third kappa shape index (κ3) is 4.21. The van der Waals surface area contributed by atoms with Crippen molar-refractivity contribution in [3.05, 3.63) is 76.3 Å². The number of nitrogens with zero attached hydrogens (tertiary/aromatic N) is 1. The van der Waals surface area contributed by atoms with Gasteiger partial charge in [0.2, 0.25) is 0 Å². The molecule has 3 nitrogen and oxygen atoms in total. The highest BCUT2D eigenvalue weighted by molar-refractivity contribution is 6.30. The molecule has 1 amide bonds. The maximum atomic E-state index is 12.2. The van der Waals surface area contributed by atoms with Crippen LogP contribution in [-0.2, 0) is 4.79 Å². The average Bonchev–Trinajstić information content (AvgIpc) is 2.55. The number of hydrogen-bond acceptors (Lipinski definition) is 2. The van der Waals surface area contributed by atoms with Crippen molar-refractivity contribution in [3.63, 3.8) is 0 Å². The summed E-state index contributed by atoms with van der Waals surface area (Å²) in [5.74, 6) is -0.395. The molecule has 110 valence electrons. The number of halogens is 1. The van der Waals surface area contributed by atoms with Gasteiger partial charge in [-0.1, -0.05) is 54.1 Å². The number of nitrogens with one attached hydrogen (secondary N) is 1. The molecule has 2 aromatic rings. The smallest absolute Gasteiger partial charge is 0.262 e. The van der Waals surface area contributed by atoms with Gasteiger partial charge < -0.3 is 5.32 Å². The molecular formula is C18H15ClN2O. The molecule has 4 heteroatoms. The molecule has 0 bridgehead atoms. The third-order valence-corrected chi connectivity index (χ3v) is 3.45. The van der Waals surface area contributed by atoms with E-state index in [4.69, 9.17) is 11.6 Å². The molecule has 0 unspecified atom stereocenters. The maximum Gasteiger partial charge on any atom is 0.262 e. The van der Waals surface area contributed by atoms with Gasteiger partial charge in [0.05, 0.1) is 6.04 Å². The molecule has 0 aromatic heterocycles. The fourth-order valence-electron chi connectivity index (χ4n) is 1.97. The monoisotopic (exact) mass is 310 g/mol. The fourth-order valence-corrected chi connectivity index (χ4v) is 2.10. The molecule has 0 radical (unpaired) electrons. The number of nitriles is 1. The van der Waals surface area contributed by atoms with E-state index in [1.807, 2.05) is 43.3 Å². The predicted octanol–water partition coefficient (Wildman–Crippen LogP) is 4.12. The zero-order valence-corrected chi connectivity index (χ0v) is 12.8. The van der Waals surface area contributed by atoms with Gasteiger partial charge >= 0.3 is 0 Å². The van der Waals surface area contributed by atoms with Gasteiger partial charge in [0.25, 0.3) is 5.91 Å². The minimum absolute atomic E-state index is 0.0603. The molecule has 0 heterocycles. The van der Waals surface area contributed by atoms with Crippen molar-refractivity contribution in [1.29, 1.82) is 5.26 Å². The summed E-state index contributed by atoms with van der Waals surface area (Å²) in [6.07, 6.45) is 1.55. The molecule has 2 rings (SSSR count). The molecule has 0 spiro atoms. The first-order valence-electron chi connectivity index (χ1n) is 6.83. The van der Waals surface area contributed by atoms with E-state index >= 15 is 0 Å². The van der Waals surface area contributed by atoms with Crippen LogP contribution in [0.2, 0.25) is 5.02 Å². The lowest BCUT2D eigenvalue weighted by molar-refractivity contribution is -0.117. The number of benzene rings is 2. The van der Waals surface area contributed by atoms with Gasteiger partial charge in [-0.2, -0.15) is 5.26 Å². The van der Waals surface area contributed by atoms with Crippen LogP contribution in [0.25, 0.3) is 6.08 Å². The minimum atomic E-state index is -0.395. The molecule has 0 fully saturated rings. The number of rotatable bonds is 4. The summed E-state index contributed by atoms with van der Waals surface area (Å²) in [7, 11) is 0. The van der Waals surface area contributed by atoms with Crippen molar-refractivity contribution in [1.82, 2.24) is 5.32 Å². The van der Waals surface area contributed by atoms with Crippen molar-refractivity contribution in [2.24, 2.45) is 0 Å². The van der Waals surface area contributed by atoms with Crippen LogP contribution in [0.3, 0.4) is 0 Å². The Bertz CT molecular complexity index is 715. The lowest BCUT2D eigenvalue weighted by atomic mass is 10.1. The number of hydrogen-bond donors (Lipinski definition) is 1. The number of carbonyl (C=O) groups is 1. The Hall–Kier alpha value is -2.57. The highest BCUT2D eigenvalue weighted by Gasteiger charge is 2.13. The molecule has 0 saturated carbocycles. The molecule has 0 aliphatic carbocycles. The number of amides is 1. The summed E-state index contributed by atoms with van der Waals surface area (Å²) in [4.78, 5) is 12.2. The zero-order chi connectivity index (χ0) is 15.9. The molecule has 0 saturated heterocycles. The van der Waals surface area contributed by atoms with Crippen molar-refractivity contribution >= 4 is 23.6 Å². The summed E-state index contributed by atoms with van der Waals surface area (Å²) in [6.45, 7) is 1.88. The molecule has 22 heavy (non-hydrogen) atoms. The largest absolute Gasteiger partial charge is 0.345 e. The van der Waals surface area contributed by atoms with E-state index in [1.54, 1.807) is 30.3 Å². The Balaban J connectivity index is 2.12. The van der Waals surface area contributed by atoms with Gasteiger partial charge in [-0.05, 0) is 36.3 Å². The summed E-state index contributed by atoms with van der Waals surface area (Å²) in [5, 5.41) is 12.6. The fraction of sp³-hybridized carbons (Fsp3) is 0.111. The van der Waals surface area contributed by atoms with Gasteiger partial charge in [0, 0.05) is 5.02 Å². The van der Waals surface area contributed by atoms with E-state index < -0.39 is 5.91 Å². The highest BCUT2D eigenvalue weighted by atomic mass is 35.5. The van der Waals surface area contributed by atoms with Crippen LogP contribution in [0.5, 0.6) is 0 Å². The molecule has 1 N–H and O–H groups in total. The van der Waals surface area contributed by atoms with E-state index in [-0.39, 0.29) is 11.6 Å². The van der Waals surface area contributed by atoms with Gasteiger partial charge in [-0.15, -0.1) is 0 Å². The zero-order valence-electron chi connectivity index (χ0n) is 12.1. The van der Waals surface area contributed by atoms with E-state index in [2.05, 4.69) is 5.32 Å². The van der Waals surface area contributed by atoms with Crippen LogP contribution in [0.15, 0.2) is 60.2 Å². The summed E-state index contributed by atoms with van der Waals surface area (Å²) >= 11 is 5.82. The van der Waals surface area contributed by atoms with Crippen LogP contribution in [0.1, 0.15) is 24.1 Å². The van der Waals surface area contributed by atoms with Gasteiger partial charge in [-0.25, -0.2) is 0 Å². The van der Waals surface area contributed by atoms with Crippen molar-refractivity contribution in [2.75, 3.05) is 0 Å². The van der Waals surface area contributed by atoms with Gasteiger partial charge in [-0.3, -0.25) is 4.79 Å². The van der Waals surface area contributed by atoms with Crippen LogP contribution >= 0.6 is 11.6 Å². The van der Waals surface area contributed by atoms with E-state index in [9.17, 15) is 10.1 Å². The Morgan fingerprint density at radius 3 is 2.41 bits per heavy atom. The first-order chi connectivity index (χ1) is 10.6. The second-order valence-electron chi connectivity index (χ2n) is 4.83. The Morgan fingerprint density at radius 2 is 1.82 bits per heavy atom. The third-order valence-electron chi connectivity index (χ3n) is 3.19. The van der Waals surface area contributed by atoms with E-state index in [0.29, 0.717) is 5.02 Å². The summed E-state index contributed by atoms with van der Waals surface area (Å²) < 4.78 is 0. The van der Waals surface area contributed by atoms with Crippen molar-refractivity contribution in [2.45, 2.75) is 13.0 Å². The molecular weight excluding hydrogens is 296 g/mol. The van der Waals surface area contributed by atoms with Crippen LogP contribution in [0, 0.1) is 11.3 Å². The second-order valence-corrected chi connectivity index (χ2v) is 5.26. The molecule has 0 aliphatic rings. The van der Waals surface area contributed by atoms with E-state index in [0.717, 1.165) is 11.1 Å². The van der Waals surface area contributed by atoms with Crippen LogP contribution < -0.4 is 5.32 Å². The van der Waals surface area contributed by atoms with Gasteiger partial charge in [0.15, 0.2) is 0 Å². The van der Waals surface area contributed by atoms with Crippen LogP contribution in [-0.4, -0.2) is 5.91 Å². The van der Waals surface area contributed by atoms with Crippen LogP contribution in [0.4, 0.5) is 0 Å². The quantitative estimate of drug-likeness (QED) is 0.682. The Morgan fingerprint density at radius 1 is 1.18 bits per heavy atom. The Labute approximate surface area is 134 Å². The summed E-state index contributed by atoms with van der Waals surface area (Å²) in [6, 6.07) is 18.3. The number of carbonyl (C=O) groups excluding carboxylic acids is 1. The van der Waals surface area contributed by atoms with Crippen molar-refractivity contribution < 1.29 is 4.79 Å². The first-order valence-corrected chi connectivity index (χ1v) is 7.21. The predicted molar refractivity (Wildman–Crippen MR) is 88.0 cm³/mol. The summed E-state index contributed by atoms with van der Waals surface area (Å²) in [5.41, 5.74) is 1.80. The maximum absolute atomic E-state index is 12.2.